The van der Waals surface area contributed by atoms with Crippen molar-refractivity contribution >= 4 is 23.2 Å². The van der Waals surface area contributed by atoms with Crippen LogP contribution in [0, 0.1) is 0 Å². The summed E-state index contributed by atoms with van der Waals surface area (Å²) < 4.78 is 0. The third-order valence-electron chi connectivity index (χ3n) is 1.49. The minimum Gasteiger partial charge on any atom is -0.259 e. The maximum absolute atomic E-state index is 5.68. The molecule has 6 heteroatoms. The van der Waals surface area contributed by atoms with Gasteiger partial charge in [-0.3, -0.25) is 4.98 Å². The Bertz CT molecular complexity index is 417. The van der Waals surface area contributed by atoms with Crippen molar-refractivity contribution in [3.8, 4) is 11.4 Å². The van der Waals surface area contributed by atoms with Gasteiger partial charge in [0.1, 0.15) is 10.8 Å². The monoisotopic (exact) mass is 226 g/mol. The SMILES string of the molecule is Clc1cncc(-c2ccnc(Cl)n2)n1. The van der Waals surface area contributed by atoms with Gasteiger partial charge in [-0.2, -0.15) is 0 Å². The van der Waals surface area contributed by atoms with Gasteiger partial charge in [0.05, 0.1) is 18.1 Å². The zero-order valence-corrected chi connectivity index (χ0v) is 8.37. The fourth-order valence-corrected chi connectivity index (χ4v) is 1.24. The molecule has 4 nitrogen and oxygen atoms in total. The lowest BCUT2D eigenvalue weighted by atomic mass is 10.3. The second kappa shape index (κ2) is 3.86. The van der Waals surface area contributed by atoms with Gasteiger partial charge < -0.3 is 0 Å². The molecule has 2 rings (SSSR count). The minimum absolute atomic E-state index is 0.171. The van der Waals surface area contributed by atoms with Gasteiger partial charge in [0.15, 0.2) is 0 Å². The standard InChI is InChI=1S/C8H4Cl2N4/c9-7-4-11-3-6(13-7)5-1-2-12-8(10)14-5/h1-4H. The molecule has 0 aromatic carbocycles. The van der Waals surface area contributed by atoms with E-state index in [4.69, 9.17) is 23.2 Å². The molecule has 0 N–H and O–H groups in total. The van der Waals surface area contributed by atoms with Crippen LogP contribution in [0.25, 0.3) is 11.4 Å². The molecule has 2 aromatic rings. The fraction of sp³-hybridized carbons (Fsp3) is 0. The summed E-state index contributed by atoms with van der Waals surface area (Å²) in [5.74, 6) is 0. The van der Waals surface area contributed by atoms with Crippen LogP contribution in [0.1, 0.15) is 0 Å². The lowest BCUT2D eigenvalue weighted by molar-refractivity contribution is 1.13. The highest BCUT2D eigenvalue weighted by atomic mass is 35.5. The van der Waals surface area contributed by atoms with Crippen molar-refractivity contribution in [2.24, 2.45) is 0 Å². The van der Waals surface area contributed by atoms with Gasteiger partial charge in [0, 0.05) is 6.20 Å². The van der Waals surface area contributed by atoms with Crippen molar-refractivity contribution < 1.29 is 0 Å². The lowest BCUT2D eigenvalue weighted by Crippen LogP contribution is -1.90. The Hall–Kier alpha value is -1.26. The summed E-state index contributed by atoms with van der Waals surface area (Å²) in [5, 5.41) is 0.488. The van der Waals surface area contributed by atoms with Crippen molar-refractivity contribution in [1.82, 2.24) is 19.9 Å². The second-order valence-electron chi connectivity index (χ2n) is 2.44. The Morgan fingerprint density at radius 2 is 1.86 bits per heavy atom. The van der Waals surface area contributed by atoms with Crippen molar-refractivity contribution in [3.63, 3.8) is 0 Å². The van der Waals surface area contributed by atoms with Crippen LogP contribution in [0.3, 0.4) is 0 Å². The molecule has 0 unspecified atom stereocenters. The first-order valence-electron chi connectivity index (χ1n) is 3.72. The van der Waals surface area contributed by atoms with Crippen LogP contribution in [0.2, 0.25) is 10.4 Å². The number of aromatic nitrogens is 4. The lowest BCUT2D eigenvalue weighted by Gasteiger charge is -1.98. The predicted molar refractivity (Wildman–Crippen MR) is 53.1 cm³/mol. The van der Waals surface area contributed by atoms with E-state index in [2.05, 4.69) is 19.9 Å². The Morgan fingerprint density at radius 3 is 2.57 bits per heavy atom. The average molecular weight is 227 g/mol. The van der Waals surface area contributed by atoms with Crippen molar-refractivity contribution in [1.29, 1.82) is 0 Å². The largest absolute Gasteiger partial charge is 0.259 e. The average Bonchev–Trinajstić information content (AvgIpc) is 2.18. The Labute approximate surface area is 90.0 Å². The molecule has 0 saturated heterocycles. The molecular formula is C8H4Cl2N4. The van der Waals surface area contributed by atoms with E-state index in [0.717, 1.165) is 0 Å². The highest BCUT2D eigenvalue weighted by Gasteiger charge is 2.02. The van der Waals surface area contributed by atoms with Crippen LogP contribution < -0.4 is 0 Å². The third-order valence-corrected chi connectivity index (χ3v) is 1.86. The van der Waals surface area contributed by atoms with Crippen LogP contribution in [-0.2, 0) is 0 Å². The maximum Gasteiger partial charge on any atom is 0.222 e. The zero-order chi connectivity index (χ0) is 9.97. The Morgan fingerprint density at radius 1 is 1.00 bits per heavy atom. The molecule has 0 aliphatic carbocycles. The van der Waals surface area contributed by atoms with Gasteiger partial charge in [0.2, 0.25) is 5.28 Å². The van der Waals surface area contributed by atoms with Crippen molar-refractivity contribution in [2.45, 2.75) is 0 Å². The van der Waals surface area contributed by atoms with Gasteiger partial charge in [0.25, 0.3) is 0 Å². The smallest absolute Gasteiger partial charge is 0.222 e. The van der Waals surface area contributed by atoms with Crippen LogP contribution >= 0.6 is 23.2 Å². The normalized spacial score (nSPS) is 10.1. The Kier molecular flexibility index (Phi) is 2.56. The first-order chi connectivity index (χ1) is 6.75. The first-order valence-corrected chi connectivity index (χ1v) is 4.48. The summed E-state index contributed by atoms with van der Waals surface area (Å²) in [6, 6.07) is 1.69. The van der Waals surface area contributed by atoms with Crippen LogP contribution in [0.5, 0.6) is 0 Å². The van der Waals surface area contributed by atoms with E-state index in [9.17, 15) is 0 Å². The summed E-state index contributed by atoms with van der Waals surface area (Å²) in [4.78, 5) is 15.7. The highest BCUT2D eigenvalue weighted by Crippen LogP contribution is 2.15. The fourth-order valence-electron chi connectivity index (χ4n) is 0.943. The summed E-state index contributed by atoms with van der Waals surface area (Å²) >= 11 is 11.3. The van der Waals surface area contributed by atoms with Gasteiger partial charge >= 0.3 is 0 Å². The van der Waals surface area contributed by atoms with Gasteiger partial charge in [-0.05, 0) is 17.7 Å². The summed E-state index contributed by atoms with van der Waals surface area (Å²) in [5.41, 5.74) is 1.17. The number of rotatable bonds is 1. The second-order valence-corrected chi connectivity index (χ2v) is 3.16. The number of hydrogen-bond acceptors (Lipinski definition) is 4. The quantitative estimate of drug-likeness (QED) is 0.701. The highest BCUT2D eigenvalue weighted by molar-refractivity contribution is 6.29. The van der Waals surface area contributed by atoms with Crippen LogP contribution in [0.4, 0.5) is 0 Å². The molecule has 0 amide bonds. The minimum atomic E-state index is 0.171. The molecule has 0 bridgehead atoms. The molecule has 0 saturated carbocycles. The molecular weight excluding hydrogens is 223 g/mol. The maximum atomic E-state index is 5.68. The van der Waals surface area contributed by atoms with E-state index in [0.29, 0.717) is 16.5 Å². The first kappa shape index (κ1) is 9.30. The Balaban J connectivity index is 2.49. The molecule has 0 atom stereocenters. The van der Waals surface area contributed by atoms with Crippen LogP contribution in [0.15, 0.2) is 24.7 Å². The summed E-state index contributed by atoms with van der Waals surface area (Å²) in [6.07, 6.45) is 4.56. The van der Waals surface area contributed by atoms with Gasteiger partial charge in [-0.15, -0.1) is 0 Å². The molecule has 0 aliphatic rings. The molecule has 0 radical (unpaired) electrons. The number of halogens is 2. The van der Waals surface area contributed by atoms with E-state index in [1.165, 1.54) is 6.20 Å². The van der Waals surface area contributed by atoms with Gasteiger partial charge in [-0.1, -0.05) is 11.6 Å². The molecule has 0 fully saturated rings. The van der Waals surface area contributed by atoms with E-state index < -0.39 is 0 Å². The zero-order valence-electron chi connectivity index (χ0n) is 6.85. The predicted octanol–water partition coefficient (Wildman–Crippen LogP) is 2.24. The third kappa shape index (κ3) is 1.97. The topological polar surface area (TPSA) is 51.6 Å². The molecule has 2 heterocycles. The number of nitrogens with zero attached hydrogens (tertiary/aromatic N) is 4. The van der Waals surface area contributed by atoms with E-state index in [1.54, 1.807) is 18.5 Å². The molecule has 14 heavy (non-hydrogen) atoms. The van der Waals surface area contributed by atoms with Crippen LogP contribution in [-0.4, -0.2) is 19.9 Å². The number of hydrogen-bond donors (Lipinski definition) is 0. The van der Waals surface area contributed by atoms with Gasteiger partial charge in [-0.25, -0.2) is 15.0 Å². The van der Waals surface area contributed by atoms with E-state index in [-0.39, 0.29) is 5.28 Å². The van der Waals surface area contributed by atoms with E-state index >= 15 is 0 Å². The molecule has 0 aliphatic heterocycles. The van der Waals surface area contributed by atoms with Crippen molar-refractivity contribution in [3.05, 3.63) is 35.1 Å². The summed E-state index contributed by atoms with van der Waals surface area (Å²) in [6.45, 7) is 0. The molecule has 70 valence electrons. The summed E-state index contributed by atoms with van der Waals surface area (Å²) in [7, 11) is 0. The molecule has 0 spiro atoms. The molecule has 2 aromatic heterocycles. The van der Waals surface area contributed by atoms with Crippen molar-refractivity contribution in [2.75, 3.05) is 0 Å². The van der Waals surface area contributed by atoms with E-state index in [1.807, 2.05) is 0 Å².